The Morgan fingerprint density at radius 2 is 1.70 bits per heavy atom. The Kier molecular flexibility index (Phi) is 5.74. The number of hydrogen-bond acceptors (Lipinski definition) is 4. The molecular weight excluding hydrogens is 292 g/mol. The third kappa shape index (κ3) is 4.57. The van der Waals surface area contributed by atoms with Gasteiger partial charge in [-0.15, -0.1) is 0 Å². The highest BCUT2D eigenvalue weighted by molar-refractivity contribution is 5.95. The van der Waals surface area contributed by atoms with Gasteiger partial charge in [0.15, 0.2) is 0 Å². The number of rotatable bonds is 6. The molecule has 0 radical (unpaired) electrons. The zero-order valence-corrected chi connectivity index (χ0v) is 13.4. The van der Waals surface area contributed by atoms with Gasteiger partial charge in [0.2, 0.25) is 0 Å². The lowest BCUT2D eigenvalue weighted by molar-refractivity contribution is 0.0954. The third-order valence-electron chi connectivity index (χ3n) is 3.40. The summed E-state index contributed by atoms with van der Waals surface area (Å²) in [5, 5.41) is 4.03. The third-order valence-corrected chi connectivity index (χ3v) is 3.40. The number of amides is 1. The van der Waals surface area contributed by atoms with Crippen LogP contribution in [0.3, 0.4) is 0 Å². The summed E-state index contributed by atoms with van der Waals surface area (Å²) in [4.78, 5) is 12.2. The van der Waals surface area contributed by atoms with Crippen molar-refractivity contribution in [3.63, 3.8) is 0 Å². The van der Waals surface area contributed by atoms with Gasteiger partial charge in [0, 0.05) is 23.8 Å². The van der Waals surface area contributed by atoms with Crippen molar-refractivity contribution in [1.29, 1.82) is 0 Å². The summed E-state index contributed by atoms with van der Waals surface area (Å²) in [6.07, 6.45) is 1.70. The van der Waals surface area contributed by atoms with Gasteiger partial charge >= 0.3 is 0 Å². The quantitative estimate of drug-likeness (QED) is 0.658. The van der Waals surface area contributed by atoms with E-state index in [4.69, 9.17) is 9.47 Å². The first-order valence-corrected chi connectivity index (χ1v) is 7.25. The van der Waals surface area contributed by atoms with E-state index in [0.29, 0.717) is 17.1 Å². The number of nitrogens with zero attached hydrogens (tertiary/aromatic N) is 1. The van der Waals surface area contributed by atoms with Crippen molar-refractivity contribution in [2.24, 2.45) is 5.10 Å². The van der Waals surface area contributed by atoms with Crippen molar-refractivity contribution in [2.45, 2.75) is 12.8 Å². The topological polar surface area (TPSA) is 59.9 Å². The fraction of sp³-hybridized carbons (Fsp3) is 0.222. The van der Waals surface area contributed by atoms with Crippen molar-refractivity contribution in [2.75, 3.05) is 14.2 Å². The van der Waals surface area contributed by atoms with Gasteiger partial charge in [0.05, 0.1) is 14.2 Å². The Labute approximate surface area is 135 Å². The van der Waals surface area contributed by atoms with Gasteiger partial charge in [-0.2, -0.15) is 5.10 Å². The Morgan fingerprint density at radius 1 is 1.09 bits per heavy atom. The Bertz CT molecular complexity index is 662. The lowest BCUT2D eigenvalue weighted by atomic mass is 10.0. The van der Waals surface area contributed by atoms with Crippen LogP contribution in [-0.2, 0) is 0 Å². The minimum Gasteiger partial charge on any atom is -0.497 e. The molecule has 0 aliphatic heterocycles. The largest absolute Gasteiger partial charge is 0.497 e. The molecule has 0 aliphatic carbocycles. The summed E-state index contributed by atoms with van der Waals surface area (Å²) >= 11 is 0. The van der Waals surface area contributed by atoms with Crippen LogP contribution in [0, 0.1) is 0 Å². The molecule has 0 bridgehead atoms. The summed E-state index contributed by atoms with van der Waals surface area (Å²) in [7, 11) is 3.08. The van der Waals surface area contributed by atoms with E-state index in [9.17, 15) is 4.79 Å². The second-order valence-corrected chi connectivity index (χ2v) is 5.02. The van der Waals surface area contributed by atoms with Crippen LogP contribution in [0.15, 0.2) is 53.6 Å². The number of carbonyl (C=O) groups is 1. The highest BCUT2D eigenvalue weighted by atomic mass is 16.5. The number of carbonyl (C=O) groups excluding carboxylic acids is 1. The van der Waals surface area contributed by atoms with Crippen LogP contribution < -0.4 is 14.9 Å². The van der Waals surface area contributed by atoms with Crippen molar-refractivity contribution >= 4 is 12.1 Å². The molecule has 0 heterocycles. The molecular formula is C18H20N2O3. The second-order valence-electron chi connectivity index (χ2n) is 5.02. The summed E-state index contributed by atoms with van der Waals surface area (Å²) in [5.41, 5.74) is 4.08. The van der Waals surface area contributed by atoms with E-state index in [1.165, 1.54) is 14.2 Å². The molecule has 0 saturated carbocycles. The number of methoxy groups -OCH3 is 2. The fourth-order valence-electron chi connectivity index (χ4n) is 2.05. The number of nitrogens with one attached hydrogen (secondary N) is 1. The molecule has 0 saturated heterocycles. The van der Waals surface area contributed by atoms with Crippen LogP contribution >= 0.6 is 0 Å². The summed E-state index contributed by atoms with van der Waals surface area (Å²) < 4.78 is 10.3. The highest BCUT2D eigenvalue weighted by Crippen LogP contribution is 2.22. The molecule has 1 N–H and O–H groups in total. The SMILES string of the molecule is COc1cc(OC)cc(C(=O)N/N=C\[C@H](C)c2ccccc2)c1. The van der Waals surface area contributed by atoms with Crippen molar-refractivity contribution in [3.05, 3.63) is 59.7 Å². The first kappa shape index (κ1) is 16.5. The molecule has 0 aliphatic rings. The predicted octanol–water partition coefficient (Wildman–Crippen LogP) is 3.22. The monoisotopic (exact) mass is 312 g/mol. The van der Waals surface area contributed by atoms with E-state index < -0.39 is 0 Å². The molecule has 2 rings (SSSR count). The van der Waals surface area contributed by atoms with Gasteiger partial charge in [-0.3, -0.25) is 4.79 Å². The van der Waals surface area contributed by atoms with Crippen LogP contribution in [0.2, 0.25) is 0 Å². The molecule has 23 heavy (non-hydrogen) atoms. The summed E-state index contributed by atoms with van der Waals surface area (Å²) in [6, 6.07) is 14.9. The van der Waals surface area contributed by atoms with Gasteiger partial charge in [-0.05, 0) is 17.7 Å². The first-order valence-electron chi connectivity index (χ1n) is 7.25. The minimum absolute atomic E-state index is 0.108. The number of hydrogen-bond donors (Lipinski definition) is 1. The number of ether oxygens (including phenoxy) is 2. The maximum atomic E-state index is 12.2. The van der Waals surface area contributed by atoms with Crippen molar-refractivity contribution < 1.29 is 14.3 Å². The van der Waals surface area contributed by atoms with Gasteiger partial charge in [-0.25, -0.2) is 5.43 Å². The standard InChI is InChI=1S/C18H20N2O3/c1-13(14-7-5-4-6-8-14)12-19-20-18(21)15-9-16(22-2)11-17(10-15)23-3/h4-13H,1-3H3,(H,20,21)/b19-12-/t13-/m0/s1. The number of hydrazone groups is 1. The van der Waals surface area contributed by atoms with Crippen LogP contribution in [0.5, 0.6) is 11.5 Å². The second kappa shape index (κ2) is 7.98. The molecule has 0 unspecified atom stereocenters. The molecule has 120 valence electrons. The zero-order chi connectivity index (χ0) is 16.7. The van der Waals surface area contributed by atoms with Gasteiger partial charge < -0.3 is 9.47 Å². The average molecular weight is 312 g/mol. The van der Waals surface area contributed by atoms with Crippen molar-refractivity contribution in [3.8, 4) is 11.5 Å². The van der Waals surface area contributed by atoms with E-state index in [2.05, 4.69) is 10.5 Å². The minimum atomic E-state index is -0.321. The van der Waals surface area contributed by atoms with E-state index in [-0.39, 0.29) is 11.8 Å². The van der Waals surface area contributed by atoms with Gasteiger partial charge in [0.1, 0.15) is 11.5 Å². The molecule has 5 heteroatoms. The van der Waals surface area contributed by atoms with Crippen LogP contribution in [0.1, 0.15) is 28.8 Å². The molecule has 0 spiro atoms. The summed E-state index contributed by atoms with van der Waals surface area (Å²) in [5.74, 6) is 0.891. The summed E-state index contributed by atoms with van der Waals surface area (Å²) in [6.45, 7) is 2.01. The predicted molar refractivity (Wildman–Crippen MR) is 90.4 cm³/mol. The van der Waals surface area contributed by atoms with E-state index in [1.807, 2.05) is 37.3 Å². The smallest absolute Gasteiger partial charge is 0.271 e. The van der Waals surface area contributed by atoms with E-state index >= 15 is 0 Å². The van der Waals surface area contributed by atoms with Gasteiger partial charge in [-0.1, -0.05) is 37.3 Å². The maximum Gasteiger partial charge on any atom is 0.271 e. The Morgan fingerprint density at radius 3 is 2.26 bits per heavy atom. The molecule has 1 amide bonds. The zero-order valence-electron chi connectivity index (χ0n) is 13.4. The lowest BCUT2D eigenvalue weighted by Gasteiger charge is -2.08. The van der Waals surface area contributed by atoms with Crippen LogP contribution in [0.25, 0.3) is 0 Å². The molecule has 5 nitrogen and oxygen atoms in total. The normalized spacial score (nSPS) is 12.0. The molecule has 2 aromatic rings. The lowest BCUT2D eigenvalue weighted by Crippen LogP contribution is -2.18. The van der Waals surface area contributed by atoms with Crippen LogP contribution in [0.4, 0.5) is 0 Å². The van der Waals surface area contributed by atoms with Gasteiger partial charge in [0.25, 0.3) is 5.91 Å². The number of benzene rings is 2. The Hall–Kier alpha value is -2.82. The maximum absolute atomic E-state index is 12.2. The molecule has 0 aromatic heterocycles. The highest BCUT2D eigenvalue weighted by Gasteiger charge is 2.09. The van der Waals surface area contributed by atoms with Crippen molar-refractivity contribution in [1.82, 2.24) is 5.43 Å². The average Bonchev–Trinajstić information content (AvgIpc) is 2.61. The van der Waals surface area contributed by atoms with E-state index in [0.717, 1.165) is 5.56 Å². The Balaban J connectivity index is 2.03. The van der Waals surface area contributed by atoms with Crippen LogP contribution in [-0.4, -0.2) is 26.3 Å². The molecule has 2 aromatic carbocycles. The fourth-order valence-corrected chi connectivity index (χ4v) is 2.05. The molecule has 1 atom stereocenters. The van der Waals surface area contributed by atoms with E-state index in [1.54, 1.807) is 24.4 Å². The first-order chi connectivity index (χ1) is 11.1. The molecule has 0 fully saturated rings.